The Hall–Kier alpha value is -7.30. The number of carbonyl (C=O) groups excluding carboxylic acids is 2. The molecule has 19 nitrogen and oxygen atoms in total. The van der Waals surface area contributed by atoms with E-state index in [4.69, 9.17) is 60.5 Å². The van der Waals surface area contributed by atoms with Crippen molar-refractivity contribution >= 4 is 139 Å². The van der Waals surface area contributed by atoms with Gasteiger partial charge in [0.1, 0.15) is 10.3 Å². The predicted molar refractivity (Wildman–Crippen MR) is 443 cm³/mol. The molecule has 36 heteroatoms. The molecule has 0 aromatic carbocycles. The SMILES string of the molecule is C.CN(CCCl)CCCl.CN1CCC(C#N)(c2cccs2)CC1.Cl.N#CC1(c2cccs2)CCN(C(=O)c2nc3c(C(F)(F)F)cc(-c4ccoc4)cn3c2Cl)CC1.N#CC1(c2cccs2)CCN(C(=O)c2nc3c(C(F)(F)F)cc(-c4ccoc4)cn3c2Cl)CC1.N#CC1(c2cccs2)CCNCC1.N#CCc1cccs1.[NH2-].[Na+]. The molecule has 4 fully saturated rings. The number of pyridine rings is 2. The summed E-state index contributed by atoms with van der Waals surface area (Å²) in [6.07, 6.45) is 4.77. The van der Waals surface area contributed by atoms with Crippen LogP contribution in [-0.4, -0.2) is 141 Å². The summed E-state index contributed by atoms with van der Waals surface area (Å²) < 4.78 is 95.2. The van der Waals surface area contributed by atoms with Gasteiger partial charge in [0.25, 0.3) is 11.8 Å². The monoisotopic (exact) mass is 1780 g/mol. The molecule has 0 radical (unpaired) electrons. The number of furan rings is 2. The van der Waals surface area contributed by atoms with Crippen molar-refractivity contribution in [2.24, 2.45) is 0 Å². The second-order valence-corrected chi connectivity index (χ2v) is 32.9. The maximum atomic E-state index is 13.9. The largest absolute Gasteiger partial charge is 1.00 e. The fourth-order valence-corrected chi connectivity index (χ4v) is 18.6. The van der Waals surface area contributed by atoms with Crippen LogP contribution in [0.3, 0.4) is 0 Å². The smallest absolute Gasteiger partial charge is 0.693 e. The molecule has 4 saturated heterocycles. The number of likely N-dealkylation sites (tertiary alicyclic amines) is 3. The molecule has 0 aliphatic carbocycles. The van der Waals surface area contributed by atoms with Crippen molar-refractivity contribution in [1.29, 1.82) is 26.3 Å². The van der Waals surface area contributed by atoms with Gasteiger partial charge in [-0.25, -0.2) is 9.97 Å². The number of thiophene rings is 5. The van der Waals surface area contributed by atoms with E-state index < -0.39 is 57.4 Å². The van der Waals surface area contributed by atoms with Crippen LogP contribution < -0.4 is 34.9 Å². The van der Waals surface area contributed by atoms with Gasteiger partial charge in [-0.1, -0.05) is 61.0 Å². The van der Waals surface area contributed by atoms with Crippen LogP contribution in [0.25, 0.3) is 39.7 Å². The molecule has 0 unspecified atom stereocenters. The third-order valence-electron chi connectivity index (χ3n) is 19.7. The van der Waals surface area contributed by atoms with Crippen molar-refractivity contribution in [3.05, 3.63) is 213 Å². The zero-order valence-electron chi connectivity index (χ0n) is 62.0. The van der Waals surface area contributed by atoms with Crippen molar-refractivity contribution in [1.82, 2.24) is 43.7 Å². The van der Waals surface area contributed by atoms with Gasteiger partial charge >= 0.3 is 41.9 Å². The first-order valence-electron chi connectivity index (χ1n) is 35.0. The summed E-state index contributed by atoms with van der Waals surface area (Å²) in [6, 6.07) is 36.6. The Morgan fingerprint density at radius 2 is 0.887 bits per heavy atom. The summed E-state index contributed by atoms with van der Waals surface area (Å²) >= 11 is 31.7. The number of nitrogens with one attached hydrogen (secondary N) is 1. The quantitative estimate of drug-likeness (QED) is 0.0639. The normalized spacial score (nSPS) is 15.8. The van der Waals surface area contributed by atoms with E-state index in [2.05, 4.69) is 85.4 Å². The number of amides is 2. The molecular weight excluding hydrogens is 1700 g/mol. The van der Waals surface area contributed by atoms with Gasteiger partial charge in [-0.3, -0.25) is 18.4 Å². The van der Waals surface area contributed by atoms with Gasteiger partial charge in [0, 0.05) is 110 Å². The van der Waals surface area contributed by atoms with Crippen molar-refractivity contribution in [3.8, 4) is 52.6 Å². The number of imidazole rings is 2. The minimum atomic E-state index is -4.71. The Kier molecular flexibility index (Phi) is 36.9. The van der Waals surface area contributed by atoms with E-state index in [0.29, 0.717) is 55.0 Å². The molecular formula is C79H81Cl5F6N15NaO4S5. The molecule has 4 aliphatic heterocycles. The fourth-order valence-electron chi connectivity index (χ4n) is 13.2. The Labute approximate surface area is 732 Å². The summed E-state index contributed by atoms with van der Waals surface area (Å²) in [6.45, 7) is 6.90. The van der Waals surface area contributed by atoms with Crippen LogP contribution in [0.1, 0.15) is 115 Å². The molecule has 0 bridgehead atoms. The molecule has 15 rings (SSSR count). The molecule has 3 N–H and O–H groups in total. The Morgan fingerprint density at radius 1 is 0.548 bits per heavy atom. The number of nitrogens with zero attached hydrogens (tertiary/aromatic N) is 13. The average Bonchev–Trinajstić information content (AvgIpc) is 1.62. The van der Waals surface area contributed by atoms with E-state index in [1.807, 2.05) is 71.7 Å². The number of piperidine rings is 4. The topological polar surface area (TPSA) is 272 Å². The van der Waals surface area contributed by atoms with Gasteiger partial charge in [-0.2, -0.15) is 52.7 Å². The summed E-state index contributed by atoms with van der Waals surface area (Å²) in [5, 5.41) is 59.2. The Balaban J connectivity index is 0.000000234. The maximum Gasteiger partial charge on any atom is 1.00 e. The maximum absolute atomic E-state index is 13.9. The van der Waals surface area contributed by atoms with E-state index in [-0.39, 0.29) is 125 Å². The minimum Gasteiger partial charge on any atom is -0.693 e. The van der Waals surface area contributed by atoms with E-state index in [9.17, 15) is 57.0 Å². The van der Waals surface area contributed by atoms with Crippen LogP contribution in [-0.2, 0) is 40.4 Å². The van der Waals surface area contributed by atoms with Crippen molar-refractivity contribution in [2.75, 3.05) is 91.3 Å². The first-order valence-corrected chi connectivity index (χ1v) is 41.2. The fraction of sp³-hybridized carbons (Fsp3) is 0.380. The molecule has 15 heterocycles. The predicted octanol–water partition coefficient (Wildman–Crippen LogP) is 18.2. The zero-order valence-corrected chi connectivity index (χ0v) is 72.0. The third-order valence-corrected chi connectivity index (χ3v) is 26.0. The molecule has 0 atom stereocenters. The van der Waals surface area contributed by atoms with Crippen LogP contribution in [0, 0.1) is 56.7 Å². The summed E-state index contributed by atoms with van der Waals surface area (Å²) in [5.41, 5.74) is -3.87. The molecule has 11 aromatic rings. The standard InChI is InChI=1S/2C23H16ClF3N4O2S.C11H14N2S.C10H12N2S.C6H5NS.C5H11Cl2N.CH4.ClH.H2N.Na/c2*24-19-18(21(32)30-6-4-22(13-28,5-7-30)17-2-1-9-34-17)29-20-16(23(25,26)27)10-15(11-31(19)20)14-3-8-33-12-14;1-13-6-4-11(9-12,5-7-13)10-3-2-8-14-10;11-8-10(3-5-12-6-4-10)9-2-1-7-13-9;7-4-3-6-2-1-5-8-6;1-8(4-2-6)5-3-7;;;;/h2*1-3,8-12H,4-7H2;2-3,8H,4-7H2,1H3;1-2,7,12H,3-6H2;1-2,5H,3H2;2-5H2,1H3;1H4;1H;1H2;/q;;;;;;;;-1;+1. The average molecular weight is 1780 g/mol. The number of rotatable bonds is 13. The number of nitrogens with two attached hydrogens (primary N) is 1. The molecule has 115 heavy (non-hydrogen) atoms. The molecule has 11 aromatic heterocycles. The van der Waals surface area contributed by atoms with Crippen molar-refractivity contribution < 1.29 is 74.3 Å². The van der Waals surface area contributed by atoms with E-state index >= 15 is 0 Å². The third kappa shape index (κ3) is 23.2. The Bertz CT molecular complexity index is 4820. The van der Waals surface area contributed by atoms with E-state index in [0.717, 1.165) is 101 Å². The molecule has 2 amide bonds. The van der Waals surface area contributed by atoms with Crippen LogP contribution in [0.4, 0.5) is 26.3 Å². The zero-order chi connectivity index (χ0) is 79.6. The van der Waals surface area contributed by atoms with Gasteiger partial charge in [0.2, 0.25) is 0 Å². The van der Waals surface area contributed by atoms with Gasteiger partial charge < -0.3 is 39.9 Å². The second-order valence-electron chi connectivity index (χ2n) is 26.6. The van der Waals surface area contributed by atoms with Crippen LogP contribution >= 0.6 is 115 Å². The number of aromatic nitrogens is 4. The number of nitriles is 5. The second kappa shape index (κ2) is 43.9. The van der Waals surface area contributed by atoms with Crippen LogP contribution in [0.5, 0.6) is 0 Å². The van der Waals surface area contributed by atoms with Crippen LogP contribution in [0.15, 0.2) is 158 Å². The summed E-state index contributed by atoms with van der Waals surface area (Å²) in [5.74, 6) is 0.245. The van der Waals surface area contributed by atoms with E-state index in [1.165, 1.54) is 91.8 Å². The molecule has 604 valence electrons. The molecule has 0 spiro atoms. The number of fused-ring (bicyclic) bond motifs is 2. The summed E-state index contributed by atoms with van der Waals surface area (Å²) in [7, 11) is 4.13. The number of hydrogen-bond donors (Lipinski definition) is 1. The van der Waals surface area contributed by atoms with Gasteiger partial charge in [-0.05, 0) is 173 Å². The van der Waals surface area contributed by atoms with Crippen LogP contribution in [0.2, 0.25) is 10.3 Å². The minimum absolute atomic E-state index is 0. The first kappa shape index (κ1) is 96.5. The van der Waals surface area contributed by atoms with Crippen molar-refractivity contribution in [2.45, 2.75) is 99.2 Å². The number of halogens is 11. The number of carbonyl (C=O) groups is 2. The Morgan fingerprint density at radius 3 is 1.17 bits per heavy atom. The van der Waals surface area contributed by atoms with Crippen molar-refractivity contribution in [3.63, 3.8) is 0 Å². The number of hydrogen-bond acceptors (Lipinski definition) is 19. The van der Waals surface area contributed by atoms with Gasteiger partial charge in [-0.15, -0.1) is 92.3 Å². The molecule has 0 saturated carbocycles. The number of alkyl halides is 8. The van der Waals surface area contributed by atoms with Gasteiger partial charge in [0.05, 0.1) is 94.6 Å². The summed E-state index contributed by atoms with van der Waals surface area (Å²) in [4.78, 5) is 47.4. The van der Waals surface area contributed by atoms with Gasteiger partial charge in [0.15, 0.2) is 22.7 Å². The molecule has 4 aliphatic rings. The van der Waals surface area contributed by atoms with E-state index in [1.54, 1.807) is 34.0 Å². The first-order chi connectivity index (χ1) is 53.3.